The van der Waals surface area contributed by atoms with Crippen LogP contribution in [0, 0.1) is 11.6 Å². The van der Waals surface area contributed by atoms with Crippen LogP contribution in [-0.2, 0) is 21.3 Å². The van der Waals surface area contributed by atoms with Gasteiger partial charge in [0, 0.05) is 12.0 Å². The number of carbonyl (C=O) groups is 1. The Morgan fingerprint density at radius 3 is 2.16 bits per heavy atom. The second kappa shape index (κ2) is 7.45. The fourth-order valence-electron chi connectivity index (χ4n) is 1.91. The van der Waals surface area contributed by atoms with Crippen LogP contribution >= 0.6 is 0 Å². The molecule has 0 bridgehead atoms. The Morgan fingerprint density at radius 1 is 1.16 bits per heavy atom. The van der Waals surface area contributed by atoms with Crippen LogP contribution in [0.3, 0.4) is 0 Å². The maximum atomic E-state index is 14.1. The lowest BCUT2D eigenvalue weighted by Crippen LogP contribution is -2.52. The van der Waals surface area contributed by atoms with Gasteiger partial charge in [-0.15, -0.1) is 0 Å². The predicted molar refractivity (Wildman–Crippen MR) is 80.7 cm³/mol. The van der Waals surface area contributed by atoms with Gasteiger partial charge >= 0.3 is 6.18 Å². The van der Waals surface area contributed by atoms with Gasteiger partial charge in [0.2, 0.25) is 5.78 Å². The van der Waals surface area contributed by atoms with Crippen molar-refractivity contribution in [3.63, 3.8) is 0 Å². The topological polar surface area (TPSA) is 46.2 Å². The van der Waals surface area contributed by atoms with Crippen LogP contribution < -0.4 is 4.72 Å². The van der Waals surface area contributed by atoms with Crippen molar-refractivity contribution >= 4 is 16.8 Å². The molecule has 0 radical (unpaired) electrons. The van der Waals surface area contributed by atoms with Crippen molar-refractivity contribution < 1.29 is 35.3 Å². The normalized spacial score (nSPS) is 16.4. The fourth-order valence-corrected chi connectivity index (χ4v) is 2.81. The van der Waals surface area contributed by atoms with Crippen molar-refractivity contribution in [3.05, 3.63) is 35.4 Å². The minimum atomic E-state index is -5.31. The molecule has 0 aliphatic rings. The minimum absolute atomic E-state index is 0.689. The van der Waals surface area contributed by atoms with Gasteiger partial charge in [-0.1, -0.05) is 12.1 Å². The third kappa shape index (κ3) is 5.04. The quantitative estimate of drug-likeness (QED) is 0.754. The molecular formula is C15H17F6NO2S. The Balaban J connectivity index is 3.50. The van der Waals surface area contributed by atoms with Gasteiger partial charge in [0.25, 0.3) is 0 Å². The van der Waals surface area contributed by atoms with Gasteiger partial charge in [0.1, 0.15) is 6.67 Å². The molecule has 0 heterocycles. The molecule has 3 nitrogen and oxygen atoms in total. The zero-order chi connectivity index (χ0) is 19.6. The van der Waals surface area contributed by atoms with Crippen molar-refractivity contribution in [2.75, 3.05) is 6.67 Å². The number of alkyl halides is 4. The lowest BCUT2D eigenvalue weighted by Gasteiger charge is -2.34. The maximum Gasteiger partial charge on any atom is 0.450 e. The first-order valence-electron chi connectivity index (χ1n) is 7.05. The first-order valence-corrected chi connectivity index (χ1v) is 8.20. The summed E-state index contributed by atoms with van der Waals surface area (Å²) in [6, 6.07) is 2.49. The van der Waals surface area contributed by atoms with E-state index >= 15 is 0 Å². The molecule has 10 heteroatoms. The van der Waals surface area contributed by atoms with E-state index in [4.69, 9.17) is 0 Å². The van der Waals surface area contributed by atoms with Gasteiger partial charge in [0.05, 0.1) is 21.3 Å². The molecule has 1 unspecified atom stereocenters. The number of hydrogen-bond donors (Lipinski definition) is 1. The largest absolute Gasteiger partial charge is 0.450 e. The highest BCUT2D eigenvalue weighted by molar-refractivity contribution is 7.84. The summed E-state index contributed by atoms with van der Waals surface area (Å²) in [6.45, 7) is 2.60. The number of carbonyl (C=O) groups excluding carboxylic acids is 1. The molecule has 1 N–H and O–H groups in total. The van der Waals surface area contributed by atoms with E-state index in [2.05, 4.69) is 4.72 Å². The molecule has 0 amide bonds. The molecular weight excluding hydrogens is 372 g/mol. The summed E-state index contributed by atoms with van der Waals surface area (Å²) >= 11 is 0. The lowest BCUT2D eigenvalue weighted by atomic mass is 9.86. The van der Waals surface area contributed by atoms with Gasteiger partial charge in [-0.05, 0) is 26.8 Å². The molecule has 0 saturated heterocycles. The van der Waals surface area contributed by atoms with Crippen LogP contribution in [-0.4, -0.2) is 27.6 Å². The Morgan fingerprint density at radius 2 is 1.72 bits per heavy atom. The molecule has 0 aliphatic heterocycles. The van der Waals surface area contributed by atoms with Crippen LogP contribution in [0.4, 0.5) is 26.3 Å². The van der Waals surface area contributed by atoms with E-state index in [-0.39, 0.29) is 0 Å². The summed E-state index contributed by atoms with van der Waals surface area (Å²) < 4.78 is 92.6. The van der Waals surface area contributed by atoms with Crippen molar-refractivity contribution in [3.8, 4) is 0 Å². The van der Waals surface area contributed by atoms with Crippen molar-refractivity contribution in [1.82, 2.24) is 4.72 Å². The third-order valence-electron chi connectivity index (χ3n) is 3.32. The SMILES string of the molecule is CC(C)(C)S(=O)N[C@](CF)(CC(=O)C(F)(F)F)c1cccc(F)c1F. The molecule has 0 aromatic heterocycles. The second-order valence-corrected chi connectivity index (χ2v) is 8.36. The molecule has 142 valence electrons. The highest BCUT2D eigenvalue weighted by Crippen LogP contribution is 2.34. The van der Waals surface area contributed by atoms with Gasteiger partial charge in [-0.3, -0.25) is 4.79 Å². The third-order valence-corrected chi connectivity index (χ3v) is 5.01. The smallest absolute Gasteiger partial charge is 0.289 e. The second-order valence-electron chi connectivity index (χ2n) is 6.40. The van der Waals surface area contributed by atoms with E-state index < -0.39 is 63.5 Å². The molecule has 0 aliphatic carbocycles. The summed E-state index contributed by atoms with van der Waals surface area (Å²) in [6.07, 6.45) is -6.88. The fraction of sp³-hybridized carbons (Fsp3) is 0.533. The van der Waals surface area contributed by atoms with Gasteiger partial charge < -0.3 is 0 Å². The lowest BCUT2D eigenvalue weighted by molar-refractivity contribution is -0.172. The highest BCUT2D eigenvalue weighted by atomic mass is 32.2. The van der Waals surface area contributed by atoms with E-state index in [1.807, 2.05) is 0 Å². The number of nitrogens with one attached hydrogen (secondary N) is 1. The molecule has 0 saturated carbocycles. The summed E-state index contributed by atoms with van der Waals surface area (Å²) in [7, 11) is -2.16. The van der Waals surface area contributed by atoms with Crippen LogP contribution in [0.1, 0.15) is 32.8 Å². The van der Waals surface area contributed by atoms with Crippen molar-refractivity contribution in [2.24, 2.45) is 0 Å². The van der Waals surface area contributed by atoms with Crippen molar-refractivity contribution in [1.29, 1.82) is 0 Å². The van der Waals surface area contributed by atoms with Crippen LogP contribution in [0.15, 0.2) is 18.2 Å². The molecule has 0 fully saturated rings. The minimum Gasteiger partial charge on any atom is -0.289 e. The highest BCUT2D eigenvalue weighted by Gasteiger charge is 2.48. The Kier molecular flexibility index (Phi) is 6.44. The number of ketones is 1. The molecule has 1 aromatic rings. The first kappa shape index (κ1) is 21.6. The Labute approximate surface area is 143 Å². The molecule has 1 aromatic carbocycles. The van der Waals surface area contributed by atoms with Gasteiger partial charge in [-0.25, -0.2) is 22.1 Å². The Hall–Kier alpha value is -1.42. The average molecular weight is 389 g/mol. The van der Waals surface area contributed by atoms with Crippen LogP contribution in [0.25, 0.3) is 0 Å². The van der Waals surface area contributed by atoms with Gasteiger partial charge in [-0.2, -0.15) is 13.2 Å². The summed E-state index contributed by atoms with van der Waals surface area (Å²) in [5, 5.41) is 0. The van der Waals surface area contributed by atoms with E-state index in [9.17, 15) is 35.3 Å². The molecule has 0 spiro atoms. The monoisotopic (exact) mass is 389 g/mol. The van der Waals surface area contributed by atoms with Crippen LogP contribution in [0.5, 0.6) is 0 Å². The number of benzene rings is 1. The van der Waals surface area contributed by atoms with Crippen LogP contribution in [0.2, 0.25) is 0 Å². The zero-order valence-electron chi connectivity index (χ0n) is 13.6. The van der Waals surface area contributed by atoms with Gasteiger partial charge in [0.15, 0.2) is 11.6 Å². The standard InChI is InChI=1S/C15H17F6NO2S/c1-13(2,3)25(24)22-14(8-16,7-11(23)15(19,20)21)9-5-4-6-10(17)12(9)18/h4-6,22H,7-8H2,1-3H3/t14-,25?/m0/s1. The summed E-state index contributed by atoms with van der Waals surface area (Å²) in [5.74, 6) is -5.40. The molecule has 1 rings (SSSR count). The first-order chi connectivity index (χ1) is 11.2. The molecule has 2 atom stereocenters. The van der Waals surface area contributed by atoms with E-state index in [0.717, 1.165) is 12.1 Å². The van der Waals surface area contributed by atoms with E-state index in [1.54, 1.807) is 0 Å². The number of Topliss-reactive ketones (excluding diaryl/α,β-unsaturated/α-hetero) is 1. The zero-order valence-corrected chi connectivity index (χ0v) is 14.5. The number of hydrogen-bond acceptors (Lipinski definition) is 2. The van der Waals surface area contributed by atoms with E-state index in [0.29, 0.717) is 6.07 Å². The summed E-state index contributed by atoms with van der Waals surface area (Å²) in [5.41, 5.74) is -3.47. The average Bonchev–Trinajstić information content (AvgIpc) is 2.47. The summed E-state index contributed by atoms with van der Waals surface area (Å²) in [4.78, 5) is 11.4. The maximum absolute atomic E-state index is 14.1. The van der Waals surface area contributed by atoms with Crippen molar-refractivity contribution in [2.45, 2.75) is 43.7 Å². The van der Waals surface area contributed by atoms with E-state index in [1.165, 1.54) is 20.8 Å². The number of halogens is 6. The Bertz CT molecular complexity index is 641. The molecule has 25 heavy (non-hydrogen) atoms. The number of rotatable bonds is 6. The predicted octanol–water partition coefficient (Wildman–Crippen LogP) is 3.70.